The first-order chi connectivity index (χ1) is 10.6. The Bertz CT molecular complexity index is 681. The summed E-state index contributed by atoms with van der Waals surface area (Å²) >= 11 is 0. The van der Waals surface area contributed by atoms with E-state index in [2.05, 4.69) is 25.9 Å². The topological polar surface area (TPSA) is 77.8 Å². The van der Waals surface area contributed by atoms with Crippen LogP contribution in [-0.2, 0) is 4.74 Å². The van der Waals surface area contributed by atoms with Crippen molar-refractivity contribution in [1.29, 1.82) is 5.26 Å². The van der Waals surface area contributed by atoms with Gasteiger partial charge in [0.05, 0.1) is 23.4 Å². The van der Waals surface area contributed by atoms with Crippen molar-refractivity contribution in [3.05, 3.63) is 41.1 Å². The van der Waals surface area contributed by atoms with Crippen molar-refractivity contribution in [3.8, 4) is 6.07 Å². The summed E-state index contributed by atoms with van der Waals surface area (Å²) in [4.78, 5) is 14.6. The molecule has 2 atom stereocenters. The highest BCUT2D eigenvalue weighted by molar-refractivity contribution is 5.45. The molecule has 6 heteroatoms. The number of aromatic amines is 1. The van der Waals surface area contributed by atoms with Crippen molar-refractivity contribution >= 4 is 5.82 Å². The van der Waals surface area contributed by atoms with Crippen LogP contribution in [0.2, 0.25) is 0 Å². The maximum Gasteiger partial charge on any atom is 0.129 e. The zero-order valence-corrected chi connectivity index (χ0v) is 13.0. The second-order valence-electron chi connectivity index (χ2n) is 5.61. The second-order valence-corrected chi connectivity index (χ2v) is 5.61. The largest absolute Gasteiger partial charge is 0.380 e. The Morgan fingerprint density at radius 2 is 2.23 bits per heavy atom. The predicted molar refractivity (Wildman–Crippen MR) is 82.5 cm³/mol. The highest BCUT2D eigenvalue weighted by Gasteiger charge is 2.36. The smallest absolute Gasteiger partial charge is 0.129 e. The number of nitrogens with one attached hydrogen (secondary N) is 1. The van der Waals surface area contributed by atoms with E-state index in [-0.39, 0.29) is 12.1 Å². The van der Waals surface area contributed by atoms with Crippen LogP contribution in [0, 0.1) is 25.2 Å². The molecule has 0 saturated carbocycles. The highest BCUT2D eigenvalue weighted by Crippen LogP contribution is 2.35. The lowest BCUT2D eigenvalue weighted by atomic mass is 10.2. The third-order valence-electron chi connectivity index (χ3n) is 4.23. The number of hydrogen-bond acceptors (Lipinski definition) is 5. The molecule has 0 aromatic carbocycles. The summed E-state index contributed by atoms with van der Waals surface area (Å²) in [7, 11) is 1.73. The molecular formula is C16H19N5O. The second kappa shape index (κ2) is 5.78. The van der Waals surface area contributed by atoms with Gasteiger partial charge in [0.1, 0.15) is 17.7 Å². The average Bonchev–Trinajstić information content (AvgIpc) is 3.11. The van der Waals surface area contributed by atoms with Crippen LogP contribution in [0.15, 0.2) is 18.3 Å². The molecule has 0 amide bonds. The number of imidazole rings is 1. The molecule has 0 radical (unpaired) electrons. The van der Waals surface area contributed by atoms with Crippen molar-refractivity contribution in [2.75, 3.05) is 18.6 Å². The number of H-pyrrole nitrogens is 1. The molecule has 1 aliphatic rings. The summed E-state index contributed by atoms with van der Waals surface area (Å²) in [6.07, 6.45) is 2.61. The molecule has 1 N–H and O–H groups in total. The van der Waals surface area contributed by atoms with E-state index in [1.165, 1.54) is 0 Å². The Labute approximate surface area is 129 Å². The number of nitrogens with zero attached hydrogens (tertiary/aromatic N) is 4. The van der Waals surface area contributed by atoms with Crippen LogP contribution in [0.4, 0.5) is 5.82 Å². The summed E-state index contributed by atoms with van der Waals surface area (Å²) < 4.78 is 5.53. The molecule has 2 aromatic heterocycles. The summed E-state index contributed by atoms with van der Waals surface area (Å²) in [5.74, 6) is 1.79. The first-order valence-electron chi connectivity index (χ1n) is 7.31. The lowest BCUT2D eigenvalue weighted by molar-refractivity contribution is 0.118. The summed E-state index contributed by atoms with van der Waals surface area (Å²) in [6.45, 7) is 4.79. The minimum Gasteiger partial charge on any atom is -0.380 e. The van der Waals surface area contributed by atoms with Gasteiger partial charge in [-0.3, -0.25) is 0 Å². The lowest BCUT2D eigenvalue weighted by Gasteiger charge is -2.23. The van der Waals surface area contributed by atoms with E-state index in [1.54, 1.807) is 19.4 Å². The van der Waals surface area contributed by atoms with Gasteiger partial charge in [-0.2, -0.15) is 5.26 Å². The van der Waals surface area contributed by atoms with E-state index in [0.717, 1.165) is 36.0 Å². The SMILES string of the molecule is CO[C@@H]1C[C@@H](c2nc(C)c(C)[nH]2)N(c2ccc(C#N)cn2)C1. The highest BCUT2D eigenvalue weighted by atomic mass is 16.5. The molecule has 6 nitrogen and oxygen atoms in total. The van der Waals surface area contributed by atoms with Gasteiger partial charge >= 0.3 is 0 Å². The van der Waals surface area contributed by atoms with E-state index < -0.39 is 0 Å². The van der Waals surface area contributed by atoms with Gasteiger partial charge in [0.2, 0.25) is 0 Å². The van der Waals surface area contributed by atoms with Crippen LogP contribution in [0.5, 0.6) is 0 Å². The first kappa shape index (κ1) is 14.5. The van der Waals surface area contributed by atoms with Crippen molar-refractivity contribution in [1.82, 2.24) is 15.0 Å². The Balaban J connectivity index is 1.93. The quantitative estimate of drug-likeness (QED) is 0.940. The zero-order chi connectivity index (χ0) is 15.7. The van der Waals surface area contributed by atoms with E-state index in [4.69, 9.17) is 10.00 Å². The van der Waals surface area contributed by atoms with Crippen LogP contribution in [0.1, 0.15) is 35.2 Å². The Morgan fingerprint density at radius 3 is 2.77 bits per heavy atom. The summed E-state index contributed by atoms with van der Waals surface area (Å²) in [5, 5.41) is 8.90. The number of hydrogen-bond donors (Lipinski definition) is 1. The van der Waals surface area contributed by atoms with Crippen molar-refractivity contribution < 1.29 is 4.74 Å². The van der Waals surface area contributed by atoms with Crippen molar-refractivity contribution in [3.63, 3.8) is 0 Å². The summed E-state index contributed by atoms with van der Waals surface area (Å²) in [6, 6.07) is 5.87. The van der Waals surface area contributed by atoms with Gasteiger partial charge in [-0.1, -0.05) is 0 Å². The van der Waals surface area contributed by atoms with Crippen LogP contribution in [-0.4, -0.2) is 34.7 Å². The van der Waals surface area contributed by atoms with Crippen LogP contribution >= 0.6 is 0 Å². The molecule has 0 unspecified atom stereocenters. The number of aryl methyl sites for hydroxylation is 2. The Morgan fingerprint density at radius 1 is 1.41 bits per heavy atom. The lowest BCUT2D eigenvalue weighted by Crippen LogP contribution is -2.26. The molecule has 0 aliphatic carbocycles. The fourth-order valence-corrected chi connectivity index (χ4v) is 2.84. The minimum atomic E-state index is 0.109. The van der Waals surface area contributed by atoms with Crippen LogP contribution in [0.25, 0.3) is 0 Å². The number of rotatable bonds is 3. The van der Waals surface area contributed by atoms with Gasteiger partial charge in [0, 0.05) is 32.0 Å². The molecule has 1 aliphatic heterocycles. The van der Waals surface area contributed by atoms with Gasteiger partial charge in [0.25, 0.3) is 0 Å². The van der Waals surface area contributed by atoms with E-state index in [9.17, 15) is 0 Å². The van der Waals surface area contributed by atoms with Crippen molar-refractivity contribution in [2.45, 2.75) is 32.4 Å². The molecule has 1 saturated heterocycles. The number of ether oxygens (including phenoxy) is 1. The molecule has 22 heavy (non-hydrogen) atoms. The van der Waals surface area contributed by atoms with E-state index >= 15 is 0 Å². The maximum atomic E-state index is 8.90. The molecule has 3 rings (SSSR count). The average molecular weight is 297 g/mol. The molecule has 114 valence electrons. The Hall–Kier alpha value is -2.39. The summed E-state index contributed by atoms with van der Waals surface area (Å²) in [5.41, 5.74) is 2.67. The van der Waals surface area contributed by atoms with E-state index in [1.807, 2.05) is 19.9 Å². The number of methoxy groups -OCH3 is 1. The number of aromatic nitrogens is 3. The van der Waals surface area contributed by atoms with Gasteiger partial charge < -0.3 is 14.6 Å². The molecular weight excluding hydrogens is 278 g/mol. The van der Waals surface area contributed by atoms with Crippen LogP contribution in [0.3, 0.4) is 0 Å². The third kappa shape index (κ3) is 2.55. The van der Waals surface area contributed by atoms with E-state index in [0.29, 0.717) is 5.56 Å². The van der Waals surface area contributed by atoms with Crippen molar-refractivity contribution in [2.24, 2.45) is 0 Å². The minimum absolute atomic E-state index is 0.109. The fourth-order valence-electron chi connectivity index (χ4n) is 2.84. The molecule has 0 bridgehead atoms. The fraction of sp³-hybridized carbons (Fsp3) is 0.438. The van der Waals surface area contributed by atoms with Gasteiger partial charge in [-0.05, 0) is 26.0 Å². The van der Waals surface area contributed by atoms with Gasteiger partial charge in [0.15, 0.2) is 0 Å². The number of nitriles is 1. The molecule has 1 fully saturated rings. The molecule has 3 heterocycles. The molecule has 0 spiro atoms. The maximum absolute atomic E-state index is 8.90. The number of pyridine rings is 1. The predicted octanol–water partition coefficient (Wildman–Crippen LogP) is 2.26. The monoisotopic (exact) mass is 297 g/mol. The molecule has 2 aromatic rings. The number of anilines is 1. The first-order valence-corrected chi connectivity index (χ1v) is 7.31. The normalized spacial score (nSPS) is 21.1. The van der Waals surface area contributed by atoms with Crippen LogP contribution < -0.4 is 4.90 Å². The zero-order valence-electron chi connectivity index (χ0n) is 13.0. The third-order valence-corrected chi connectivity index (χ3v) is 4.23. The Kier molecular flexibility index (Phi) is 3.82. The van der Waals surface area contributed by atoms with Gasteiger partial charge in [-0.25, -0.2) is 9.97 Å². The standard InChI is InChI=1S/C16H19N5O/c1-10-11(2)20-16(19-10)14-6-13(22-3)9-21(14)15-5-4-12(7-17)8-18-15/h4-5,8,13-14H,6,9H2,1-3H3,(H,19,20)/t13-,14+/m1/s1. The van der Waals surface area contributed by atoms with Gasteiger partial charge in [-0.15, -0.1) is 0 Å².